The van der Waals surface area contributed by atoms with Crippen molar-refractivity contribution >= 4 is 5.91 Å². The lowest BCUT2D eigenvalue weighted by atomic mass is 9.78. The Kier molecular flexibility index (Phi) is 4.74. The van der Waals surface area contributed by atoms with Gasteiger partial charge in [-0.25, -0.2) is 4.98 Å². The summed E-state index contributed by atoms with van der Waals surface area (Å²) in [4.78, 5) is 29.2. The number of carbonyl (C=O) groups excluding carboxylic acids is 1. The van der Waals surface area contributed by atoms with Gasteiger partial charge in [-0.1, -0.05) is 0 Å². The van der Waals surface area contributed by atoms with Gasteiger partial charge < -0.3 is 14.6 Å². The molecule has 0 bridgehead atoms. The molecule has 7 heteroatoms. The van der Waals surface area contributed by atoms with Gasteiger partial charge in [-0.2, -0.15) is 0 Å². The first kappa shape index (κ1) is 17.2. The van der Waals surface area contributed by atoms with Gasteiger partial charge in [0.15, 0.2) is 0 Å². The van der Waals surface area contributed by atoms with E-state index in [4.69, 9.17) is 4.74 Å². The first-order valence-electron chi connectivity index (χ1n) is 9.16. The fourth-order valence-corrected chi connectivity index (χ4v) is 4.38. The molecular formula is C19H25N5O2. The van der Waals surface area contributed by atoms with Crippen molar-refractivity contribution in [1.29, 1.82) is 0 Å². The molecule has 0 atom stereocenters. The first-order valence-corrected chi connectivity index (χ1v) is 9.16. The van der Waals surface area contributed by atoms with Crippen LogP contribution in [-0.2, 0) is 28.0 Å². The number of amides is 1. The molecule has 0 aliphatic carbocycles. The standard InChI is InChI=1S/C19H25N5O2/c1-26-13-17(25)24-9-4-16-18(22-14-21-16)19(24)5-10-23(11-6-19)12-15-2-7-20-8-3-15/h2-3,7-8,14H,4-6,9-13H2,1H3,(H,21,22). The molecule has 7 nitrogen and oxygen atoms in total. The van der Waals surface area contributed by atoms with E-state index in [-0.39, 0.29) is 18.1 Å². The Hall–Kier alpha value is -2.25. The summed E-state index contributed by atoms with van der Waals surface area (Å²) >= 11 is 0. The number of aromatic amines is 1. The summed E-state index contributed by atoms with van der Waals surface area (Å²) in [6.07, 6.45) is 8.05. The predicted molar refractivity (Wildman–Crippen MR) is 96.3 cm³/mol. The second kappa shape index (κ2) is 7.17. The predicted octanol–water partition coefficient (Wildman–Crippen LogP) is 1.33. The SMILES string of the molecule is COCC(=O)N1CCc2[nH]cnc2C12CCN(Cc1ccncc1)CC2. The molecule has 138 valence electrons. The second-order valence-corrected chi connectivity index (χ2v) is 7.12. The average Bonchev–Trinajstić information content (AvgIpc) is 3.15. The number of methoxy groups -OCH3 is 1. The third-order valence-corrected chi connectivity index (χ3v) is 5.67. The van der Waals surface area contributed by atoms with Crippen molar-refractivity contribution < 1.29 is 9.53 Å². The molecule has 2 aromatic rings. The van der Waals surface area contributed by atoms with Gasteiger partial charge >= 0.3 is 0 Å². The number of nitrogens with zero attached hydrogens (tertiary/aromatic N) is 4. The number of fused-ring (bicyclic) bond motifs is 2. The Morgan fingerprint density at radius 1 is 1.27 bits per heavy atom. The molecule has 2 aliphatic heterocycles. The van der Waals surface area contributed by atoms with E-state index in [1.165, 1.54) is 11.3 Å². The molecule has 2 aliphatic rings. The summed E-state index contributed by atoms with van der Waals surface area (Å²) < 4.78 is 5.12. The number of hydrogen-bond acceptors (Lipinski definition) is 5. The van der Waals surface area contributed by atoms with Crippen LogP contribution in [0.25, 0.3) is 0 Å². The highest BCUT2D eigenvalue weighted by atomic mass is 16.5. The largest absolute Gasteiger partial charge is 0.375 e. The van der Waals surface area contributed by atoms with E-state index in [2.05, 4.69) is 32.0 Å². The van der Waals surface area contributed by atoms with Crippen LogP contribution in [0.3, 0.4) is 0 Å². The number of pyridine rings is 1. The van der Waals surface area contributed by atoms with Crippen LogP contribution < -0.4 is 0 Å². The molecular weight excluding hydrogens is 330 g/mol. The Labute approximate surface area is 153 Å². The second-order valence-electron chi connectivity index (χ2n) is 7.12. The van der Waals surface area contributed by atoms with Crippen LogP contribution >= 0.6 is 0 Å². The summed E-state index contributed by atoms with van der Waals surface area (Å²) in [6, 6.07) is 4.12. The molecule has 0 saturated carbocycles. The lowest BCUT2D eigenvalue weighted by Gasteiger charge is -2.50. The van der Waals surface area contributed by atoms with Crippen LogP contribution in [0.2, 0.25) is 0 Å². The van der Waals surface area contributed by atoms with E-state index in [0.717, 1.165) is 51.1 Å². The quantitative estimate of drug-likeness (QED) is 0.896. The average molecular weight is 355 g/mol. The van der Waals surface area contributed by atoms with Gasteiger partial charge in [0.2, 0.25) is 5.91 Å². The molecule has 0 radical (unpaired) electrons. The number of H-pyrrole nitrogens is 1. The van der Waals surface area contributed by atoms with Crippen LogP contribution in [0.1, 0.15) is 29.8 Å². The summed E-state index contributed by atoms with van der Waals surface area (Å²) in [5.41, 5.74) is 3.19. The Bertz CT molecular complexity index is 752. The topological polar surface area (TPSA) is 74.3 Å². The lowest BCUT2D eigenvalue weighted by Crippen LogP contribution is -2.58. The number of ether oxygens (including phenoxy) is 1. The van der Waals surface area contributed by atoms with E-state index in [1.807, 2.05) is 17.3 Å². The highest BCUT2D eigenvalue weighted by Crippen LogP contribution is 2.42. The van der Waals surface area contributed by atoms with Crippen LogP contribution in [0.5, 0.6) is 0 Å². The van der Waals surface area contributed by atoms with E-state index < -0.39 is 0 Å². The monoisotopic (exact) mass is 355 g/mol. The lowest BCUT2D eigenvalue weighted by molar-refractivity contribution is -0.146. The van der Waals surface area contributed by atoms with Crippen molar-refractivity contribution in [1.82, 2.24) is 24.8 Å². The fraction of sp³-hybridized carbons (Fsp3) is 0.526. The number of nitrogens with one attached hydrogen (secondary N) is 1. The normalized spacial score (nSPS) is 19.5. The highest BCUT2D eigenvalue weighted by molar-refractivity contribution is 5.79. The molecule has 1 saturated heterocycles. The van der Waals surface area contributed by atoms with Crippen molar-refractivity contribution in [2.24, 2.45) is 0 Å². The Morgan fingerprint density at radius 3 is 2.77 bits per heavy atom. The number of rotatable bonds is 4. The molecule has 4 heterocycles. The van der Waals surface area contributed by atoms with E-state index in [1.54, 1.807) is 13.4 Å². The van der Waals surface area contributed by atoms with Crippen LogP contribution in [-0.4, -0.2) is 64.0 Å². The number of hydrogen-bond donors (Lipinski definition) is 1. The maximum atomic E-state index is 12.7. The summed E-state index contributed by atoms with van der Waals surface area (Å²) in [7, 11) is 1.58. The minimum Gasteiger partial charge on any atom is -0.375 e. The number of aromatic nitrogens is 3. The van der Waals surface area contributed by atoms with Crippen molar-refractivity contribution in [2.75, 3.05) is 33.4 Å². The van der Waals surface area contributed by atoms with Gasteiger partial charge in [0.05, 0.1) is 17.6 Å². The highest BCUT2D eigenvalue weighted by Gasteiger charge is 2.48. The third-order valence-electron chi connectivity index (χ3n) is 5.67. The minimum atomic E-state index is -0.308. The van der Waals surface area contributed by atoms with Crippen molar-refractivity contribution in [3.05, 3.63) is 47.8 Å². The maximum Gasteiger partial charge on any atom is 0.249 e. The molecule has 1 spiro atoms. The van der Waals surface area contributed by atoms with Crippen LogP contribution in [0.15, 0.2) is 30.9 Å². The van der Waals surface area contributed by atoms with Gasteiger partial charge in [0.25, 0.3) is 0 Å². The molecule has 1 N–H and O–H groups in total. The molecule has 0 aromatic carbocycles. The molecule has 0 unspecified atom stereocenters. The summed E-state index contributed by atoms with van der Waals surface area (Å²) in [6.45, 7) is 3.64. The first-order chi connectivity index (χ1) is 12.7. The van der Waals surface area contributed by atoms with Gasteiger partial charge in [0.1, 0.15) is 6.61 Å². The number of likely N-dealkylation sites (tertiary alicyclic amines) is 1. The number of piperidine rings is 1. The molecule has 4 rings (SSSR count). The maximum absolute atomic E-state index is 12.7. The van der Waals surface area contributed by atoms with E-state index in [0.29, 0.717) is 0 Å². The van der Waals surface area contributed by atoms with Crippen molar-refractivity contribution in [3.8, 4) is 0 Å². The third kappa shape index (κ3) is 3.01. The fourth-order valence-electron chi connectivity index (χ4n) is 4.38. The zero-order valence-electron chi connectivity index (χ0n) is 15.1. The number of carbonyl (C=O) groups is 1. The number of imidazole rings is 1. The van der Waals surface area contributed by atoms with Gasteiger partial charge in [-0.15, -0.1) is 0 Å². The molecule has 2 aromatic heterocycles. The van der Waals surface area contributed by atoms with Gasteiger partial charge in [-0.3, -0.25) is 14.7 Å². The molecule has 1 amide bonds. The van der Waals surface area contributed by atoms with Gasteiger partial charge in [0, 0.05) is 57.8 Å². The molecule has 26 heavy (non-hydrogen) atoms. The van der Waals surface area contributed by atoms with Gasteiger partial charge in [-0.05, 0) is 30.5 Å². The molecule has 1 fully saturated rings. The van der Waals surface area contributed by atoms with Crippen LogP contribution in [0, 0.1) is 0 Å². The zero-order chi connectivity index (χ0) is 18.0. The summed E-state index contributed by atoms with van der Waals surface area (Å²) in [5, 5.41) is 0. The van der Waals surface area contributed by atoms with Crippen molar-refractivity contribution in [2.45, 2.75) is 31.3 Å². The van der Waals surface area contributed by atoms with Crippen LogP contribution in [0.4, 0.5) is 0 Å². The smallest absolute Gasteiger partial charge is 0.249 e. The van der Waals surface area contributed by atoms with E-state index in [9.17, 15) is 4.79 Å². The Balaban J connectivity index is 1.54. The minimum absolute atomic E-state index is 0.0590. The van der Waals surface area contributed by atoms with E-state index >= 15 is 0 Å². The summed E-state index contributed by atoms with van der Waals surface area (Å²) in [5.74, 6) is 0.0590. The Morgan fingerprint density at radius 2 is 2.04 bits per heavy atom. The van der Waals surface area contributed by atoms with Crippen molar-refractivity contribution in [3.63, 3.8) is 0 Å². The zero-order valence-corrected chi connectivity index (χ0v) is 15.1.